The van der Waals surface area contributed by atoms with Gasteiger partial charge in [-0.25, -0.2) is 13.1 Å². The number of sulfonamides is 1. The maximum absolute atomic E-state index is 12.6. The smallest absolute Gasteiger partial charge is 0.241 e. The van der Waals surface area contributed by atoms with Crippen molar-refractivity contribution in [2.75, 3.05) is 20.8 Å². The third-order valence-electron chi connectivity index (χ3n) is 3.80. The quantitative estimate of drug-likeness (QED) is 0.835. The Kier molecular flexibility index (Phi) is 5.85. The fourth-order valence-corrected chi connectivity index (χ4v) is 4.13. The lowest BCUT2D eigenvalue weighted by Crippen LogP contribution is -2.27. The second-order valence-electron chi connectivity index (χ2n) is 5.59. The zero-order valence-corrected chi connectivity index (χ0v) is 15.2. The van der Waals surface area contributed by atoms with Crippen molar-refractivity contribution in [3.8, 4) is 11.5 Å². The normalized spacial score (nSPS) is 11.3. The van der Waals surface area contributed by atoms with Gasteiger partial charge >= 0.3 is 0 Å². The van der Waals surface area contributed by atoms with Crippen LogP contribution in [0.3, 0.4) is 0 Å². The van der Waals surface area contributed by atoms with E-state index in [-0.39, 0.29) is 0 Å². The SMILES string of the molecule is COc1ccc(CCNS(=O)(=O)c2c(C)cc(OC)cc2C)cc1. The van der Waals surface area contributed by atoms with E-state index in [0.717, 1.165) is 11.3 Å². The maximum atomic E-state index is 12.6. The average molecular weight is 349 g/mol. The number of hydrogen-bond donors (Lipinski definition) is 1. The van der Waals surface area contributed by atoms with E-state index >= 15 is 0 Å². The molecule has 0 amide bonds. The first kappa shape index (κ1) is 18.3. The second-order valence-corrected chi connectivity index (χ2v) is 7.29. The third kappa shape index (κ3) is 4.27. The summed E-state index contributed by atoms with van der Waals surface area (Å²) in [5.74, 6) is 1.44. The molecule has 0 aliphatic heterocycles. The number of rotatable bonds is 7. The van der Waals surface area contributed by atoms with E-state index in [2.05, 4.69) is 4.72 Å². The van der Waals surface area contributed by atoms with E-state index < -0.39 is 10.0 Å². The molecule has 24 heavy (non-hydrogen) atoms. The van der Waals surface area contributed by atoms with Crippen molar-refractivity contribution in [2.45, 2.75) is 25.2 Å². The third-order valence-corrected chi connectivity index (χ3v) is 5.57. The molecule has 130 valence electrons. The van der Waals surface area contributed by atoms with E-state index in [0.29, 0.717) is 34.7 Å². The second kappa shape index (κ2) is 7.68. The summed E-state index contributed by atoms with van der Waals surface area (Å²) in [5, 5.41) is 0. The van der Waals surface area contributed by atoms with Crippen LogP contribution >= 0.6 is 0 Å². The first-order valence-electron chi connectivity index (χ1n) is 7.65. The number of hydrogen-bond acceptors (Lipinski definition) is 4. The monoisotopic (exact) mass is 349 g/mol. The summed E-state index contributed by atoms with van der Waals surface area (Å²) in [7, 11) is -0.381. The molecule has 2 aromatic rings. The highest BCUT2D eigenvalue weighted by Crippen LogP contribution is 2.25. The van der Waals surface area contributed by atoms with Crippen LogP contribution in [0.1, 0.15) is 16.7 Å². The van der Waals surface area contributed by atoms with Crippen LogP contribution in [0.15, 0.2) is 41.3 Å². The predicted molar refractivity (Wildman–Crippen MR) is 94.4 cm³/mol. The molecule has 0 bridgehead atoms. The molecule has 0 spiro atoms. The van der Waals surface area contributed by atoms with E-state index in [1.54, 1.807) is 40.2 Å². The number of ether oxygens (including phenoxy) is 2. The van der Waals surface area contributed by atoms with Crippen molar-refractivity contribution in [3.05, 3.63) is 53.1 Å². The molecular formula is C18H23NO4S. The summed E-state index contributed by atoms with van der Waals surface area (Å²) < 4.78 is 38.1. The van der Waals surface area contributed by atoms with Crippen LogP contribution in [0, 0.1) is 13.8 Å². The minimum Gasteiger partial charge on any atom is -0.497 e. The van der Waals surface area contributed by atoms with E-state index in [1.165, 1.54) is 0 Å². The Balaban J connectivity index is 2.08. The number of nitrogens with one attached hydrogen (secondary N) is 1. The Morgan fingerprint density at radius 1 is 0.917 bits per heavy atom. The van der Waals surface area contributed by atoms with E-state index in [1.807, 2.05) is 24.3 Å². The topological polar surface area (TPSA) is 64.6 Å². The fraction of sp³-hybridized carbons (Fsp3) is 0.333. The molecule has 0 aromatic heterocycles. The molecule has 2 aromatic carbocycles. The van der Waals surface area contributed by atoms with Gasteiger partial charge in [0.1, 0.15) is 11.5 Å². The van der Waals surface area contributed by atoms with E-state index in [9.17, 15) is 8.42 Å². The molecule has 0 radical (unpaired) electrons. The summed E-state index contributed by atoms with van der Waals surface area (Å²) in [6, 6.07) is 11.0. The number of benzene rings is 2. The van der Waals surface area contributed by atoms with Gasteiger partial charge < -0.3 is 9.47 Å². The van der Waals surface area contributed by atoms with Crippen LogP contribution in [0.5, 0.6) is 11.5 Å². The molecule has 0 atom stereocenters. The minimum atomic E-state index is -3.56. The minimum absolute atomic E-state index is 0.318. The summed E-state index contributed by atoms with van der Waals surface area (Å²) >= 11 is 0. The van der Waals surface area contributed by atoms with Crippen LogP contribution in [0.4, 0.5) is 0 Å². The lowest BCUT2D eigenvalue weighted by Gasteiger charge is -2.13. The molecule has 0 aliphatic carbocycles. The Morgan fingerprint density at radius 3 is 1.96 bits per heavy atom. The van der Waals surface area contributed by atoms with Crippen LogP contribution in [0.2, 0.25) is 0 Å². The van der Waals surface area contributed by atoms with Gasteiger partial charge in [-0.3, -0.25) is 0 Å². The van der Waals surface area contributed by atoms with Crippen LogP contribution in [0.25, 0.3) is 0 Å². The summed E-state index contributed by atoms with van der Waals surface area (Å²) in [4.78, 5) is 0.318. The van der Waals surface area contributed by atoms with Crippen molar-refractivity contribution < 1.29 is 17.9 Å². The van der Waals surface area contributed by atoms with Crippen LogP contribution < -0.4 is 14.2 Å². The summed E-state index contributed by atoms with van der Waals surface area (Å²) in [6.45, 7) is 3.88. The molecule has 0 heterocycles. The molecule has 0 fully saturated rings. The molecule has 0 saturated heterocycles. The maximum Gasteiger partial charge on any atom is 0.241 e. The van der Waals surface area contributed by atoms with Gasteiger partial charge in [0.05, 0.1) is 19.1 Å². The highest BCUT2D eigenvalue weighted by atomic mass is 32.2. The molecule has 0 saturated carbocycles. The first-order valence-corrected chi connectivity index (χ1v) is 9.13. The van der Waals surface area contributed by atoms with Crippen molar-refractivity contribution >= 4 is 10.0 Å². The van der Waals surface area contributed by atoms with Crippen molar-refractivity contribution in [1.82, 2.24) is 4.72 Å². The highest BCUT2D eigenvalue weighted by molar-refractivity contribution is 7.89. The predicted octanol–water partition coefficient (Wildman–Crippen LogP) is 2.84. The average Bonchev–Trinajstić information content (AvgIpc) is 2.54. The Hall–Kier alpha value is -2.05. The van der Waals surface area contributed by atoms with Gasteiger partial charge in [-0.05, 0) is 61.2 Å². The van der Waals surface area contributed by atoms with Gasteiger partial charge in [-0.2, -0.15) is 0 Å². The van der Waals surface area contributed by atoms with Crippen molar-refractivity contribution in [2.24, 2.45) is 0 Å². The van der Waals surface area contributed by atoms with Gasteiger partial charge in [-0.15, -0.1) is 0 Å². The first-order chi connectivity index (χ1) is 11.4. The zero-order chi connectivity index (χ0) is 17.7. The van der Waals surface area contributed by atoms with Gasteiger partial charge in [0.15, 0.2) is 0 Å². The molecule has 0 unspecified atom stereocenters. The summed E-state index contributed by atoms with van der Waals surface area (Å²) in [5.41, 5.74) is 2.38. The molecule has 5 nitrogen and oxygen atoms in total. The van der Waals surface area contributed by atoms with Gasteiger partial charge in [0.2, 0.25) is 10.0 Å². The Bertz CT molecular complexity index is 775. The molecular weight excluding hydrogens is 326 g/mol. The molecule has 1 N–H and O–H groups in total. The molecule has 0 aliphatic rings. The number of aryl methyl sites for hydroxylation is 2. The van der Waals surface area contributed by atoms with Crippen LogP contribution in [-0.2, 0) is 16.4 Å². The van der Waals surface area contributed by atoms with Gasteiger partial charge in [-0.1, -0.05) is 12.1 Å². The fourth-order valence-electron chi connectivity index (χ4n) is 2.65. The standard InChI is InChI=1S/C18H23NO4S/c1-13-11-17(23-4)12-14(2)18(13)24(20,21)19-10-9-15-5-7-16(22-3)8-6-15/h5-8,11-12,19H,9-10H2,1-4H3. The Morgan fingerprint density at radius 2 is 1.46 bits per heavy atom. The molecule has 6 heteroatoms. The largest absolute Gasteiger partial charge is 0.497 e. The summed E-state index contributed by atoms with van der Waals surface area (Å²) in [6.07, 6.45) is 0.609. The lowest BCUT2D eigenvalue weighted by molar-refractivity contribution is 0.413. The van der Waals surface area contributed by atoms with Gasteiger partial charge in [0.25, 0.3) is 0 Å². The number of methoxy groups -OCH3 is 2. The van der Waals surface area contributed by atoms with Crippen LogP contribution in [-0.4, -0.2) is 29.2 Å². The van der Waals surface area contributed by atoms with E-state index in [4.69, 9.17) is 9.47 Å². The molecule has 2 rings (SSSR count). The zero-order valence-electron chi connectivity index (χ0n) is 14.4. The van der Waals surface area contributed by atoms with Crippen molar-refractivity contribution in [1.29, 1.82) is 0 Å². The highest BCUT2D eigenvalue weighted by Gasteiger charge is 2.20. The van der Waals surface area contributed by atoms with Gasteiger partial charge in [0, 0.05) is 6.54 Å². The Labute approximate surface area is 143 Å². The van der Waals surface area contributed by atoms with Crippen molar-refractivity contribution in [3.63, 3.8) is 0 Å². The lowest BCUT2D eigenvalue weighted by atomic mass is 10.1.